The highest BCUT2D eigenvalue weighted by Gasteiger charge is 2.25. The summed E-state index contributed by atoms with van der Waals surface area (Å²) in [5.41, 5.74) is 0. The van der Waals surface area contributed by atoms with Crippen LogP contribution in [0.15, 0.2) is 24.3 Å². The van der Waals surface area contributed by atoms with Crippen molar-refractivity contribution in [2.45, 2.75) is 26.9 Å². The van der Waals surface area contributed by atoms with E-state index in [1.807, 2.05) is 13.8 Å². The molecule has 0 aliphatic heterocycles. The Bertz CT molecular complexity index is 504. The van der Waals surface area contributed by atoms with Crippen molar-refractivity contribution in [3.05, 3.63) is 29.3 Å². The summed E-state index contributed by atoms with van der Waals surface area (Å²) in [5, 5.41) is 11.9. The summed E-state index contributed by atoms with van der Waals surface area (Å²) < 4.78 is 5.67. The molecule has 0 radical (unpaired) electrons. The molecule has 1 aromatic rings. The first-order valence-corrected chi connectivity index (χ1v) is 7.11. The lowest BCUT2D eigenvalue weighted by Crippen LogP contribution is -2.44. The second-order valence-corrected chi connectivity index (χ2v) is 5.66. The van der Waals surface area contributed by atoms with Crippen molar-refractivity contribution in [2.24, 2.45) is 11.8 Å². The van der Waals surface area contributed by atoms with Crippen molar-refractivity contribution in [1.82, 2.24) is 5.32 Å². The molecule has 1 amide bonds. The van der Waals surface area contributed by atoms with E-state index in [0.29, 0.717) is 10.8 Å². The molecule has 5 nitrogen and oxygen atoms in total. The van der Waals surface area contributed by atoms with Crippen LogP contribution in [0.5, 0.6) is 5.75 Å². The summed E-state index contributed by atoms with van der Waals surface area (Å²) in [6.45, 7) is 5.31. The molecule has 116 valence electrons. The number of hydrogen-bond donors (Lipinski definition) is 2. The number of halogens is 1. The standard InChI is InChI=1S/C15H20ClNO4/c1-9(2)13(14(18)17-8-10(3)15(19)20)21-12-6-4-5-11(16)7-12/h4-7,9-10,13H,8H2,1-3H3,(H,17,18)(H,19,20). The summed E-state index contributed by atoms with van der Waals surface area (Å²) in [5.74, 6) is -1.50. The fourth-order valence-electron chi connectivity index (χ4n) is 1.62. The van der Waals surface area contributed by atoms with Gasteiger partial charge in [-0.3, -0.25) is 9.59 Å². The number of hydrogen-bond acceptors (Lipinski definition) is 3. The van der Waals surface area contributed by atoms with Gasteiger partial charge in [0.25, 0.3) is 5.91 Å². The number of carbonyl (C=O) groups excluding carboxylic acids is 1. The molecule has 0 aromatic heterocycles. The Morgan fingerprint density at radius 3 is 2.52 bits per heavy atom. The molecule has 2 N–H and O–H groups in total. The maximum absolute atomic E-state index is 12.1. The quantitative estimate of drug-likeness (QED) is 0.811. The van der Waals surface area contributed by atoms with Crippen molar-refractivity contribution in [3.8, 4) is 5.75 Å². The van der Waals surface area contributed by atoms with Gasteiger partial charge in [-0.1, -0.05) is 38.4 Å². The molecule has 0 spiro atoms. The maximum atomic E-state index is 12.1. The zero-order chi connectivity index (χ0) is 16.0. The van der Waals surface area contributed by atoms with Crippen LogP contribution in [0.1, 0.15) is 20.8 Å². The highest BCUT2D eigenvalue weighted by Crippen LogP contribution is 2.20. The van der Waals surface area contributed by atoms with E-state index in [1.54, 1.807) is 24.3 Å². The summed E-state index contributed by atoms with van der Waals surface area (Å²) >= 11 is 5.88. The van der Waals surface area contributed by atoms with Crippen molar-refractivity contribution >= 4 is 23.5 Å². The van der Waals surface area contributed by atoms with Crippen LogP contribution < -0.4 is 10.1 Å². The van der Waals surface area contributed by atoms with Crippen LogP contribution in [0.2, 0.25) is 5.02 Å². The summed E-state index contributed by atoms with van der Waals surface area (Å²) in [4.78, 5) is 22.9. The Morgan fingerprint density at radius 2 is 2.00 bits per heavy atom. The van der Waals surface area contributed by atoms with Gasteiger partial charge in [0.1, 0.15) is 5.75 Å². The molecular weight excluding hydrogens is 294 g/mol. The van der Waals surface area contributed by atoms with Gasteiger partial charge in [-0.15, -0.1) is 0 Å². The number of nitrogens with one attached hydrogen (secondary N) is 1. The van der Waals surface area contributed by atoms with E-state index in [0.717, 1.165) is 0 Å². The van der Waals surface area contributed by atoms with Gasteiger partial charge in [0.15, 0.2) is 6.10 Å². The zero-order valence-electron chi connectivity index (χ0n) is 12.3. The van der Waals surface area contributed by atoms with Crippen LogP contribution in [0, 0.1) is 11.8 Å². The van der Waals surface area contributed by atoms with Crippen molar-refractivity contribution in [3.63, 3.8) is 0 Å². The van der Waals surface area contributed by atoms with Crippen LogP contribution in [-0.2, 0) is 9.59 Å². The number of carboxylic acid groups (broad SMARTS) is 1. The van der Waals surface area contributed by atoms with Crippen molar-refractivity contribution in [2.75, 3.05) is 6.54 Å². The van der Waals surface area contributed by atoms with E-state index < -0.39 is 18.0 Å². The minimum atomic E-state index is -0.952. The third kappa shape index (κ3) is 5.63. The van der Waals surface area contributed by atoms with Gasteiger partial charge in [0.2, 0.25) is 0 Å². The molecule has 0 saturated carbocycles. The molecule has 21 heavy (non-hydrogen) atoms. The number of amides is 1. The molecule has 2 atom stereocenters. The lowest BCUT2D eigenvalue weighted by molar-refractivity contribution is -0.141. The maximum Gasteiger partial charge on any atom is 0.308 e. The molecule has 1 aromatic carbocycles. The predicted octanol–water partition coefficient (Wildman–Crippen LogP) is 2.58. The summed E-state index contributed by atoms with van der Waals surface area (Å²) in [6, 6.07) is 6.80. The summed E-state index contributed by atoms with van der Waals surface area (Å²) in [6.07, 6.45) is -0.704. The monoisotopic (exact) mass is 313 g/mol. The van der Waals surface area contributed by atoms with Crippen LogP contribution in [0.25, 0.3) is 0 Å². The predicted molar refractivity (Wildman–Crippen MR) is 80.5 cm³/mol. The molecule has 1 rings (SSSR count). The Balaban J connectivity index is 2.68. The molecule has 0 saturated heterocycles. The van der Waals surface area contributed by atoms with E-state index in [9.17, 15) is 9.59 Å². The zero-order valence-corrected chi connectivity index (χ0v) is 13.1. The average molecular weight is 314 g/mol. The lowest BCUT2D eigenvalue weighted by Gasteiger charge is -2.22. The van der Waals surface area contributed by atoms with E-state index in [4.69, 9.17) is 21.4 Å². The van der Waals surface area contributed by atoms with E-state index in [2.05, 4.69) is 5.32 Å². The fourth-order valence-corrected chi connectivity index (χ4v) is 1.80. The smallest absolute Gasteiger partial charge is 0.308 e. The SMILES string of the molecule is CC(CNC(=O)C(Oc1cccc(Cl)c1)C(C)C)C(=O)O. The number of ether oxygens (including phenoxy) is 1. The van der Waals surface area contributed by atoms with Crippen LogP contribution in [-0.4, -0.2) is 29.6 Å². The normalized spacial score (nSPS) is 13.6. The molecule has 0 aliphatic carbocycles. The third-order valence-corrected chi connectivity index (χ3v) is 3.16. The minimum absolute atomic E-state index is 0.0656. The number of carbonyl (C=O) groups is 2. The Hall–Kier alpha value is -1.75. The molecule has 0 fully saturated rings. The van der Waals surface area contributed by atoms with E-state index in [-0.39, 0.29) is 18.4 Å². The average Bonchev–Trinajstić information content (AvgIpc) is 2.41. The molecule has 2 unspecified atom stereocenters. The van der Waals surface area contributed by atoms with Crippen molar-refractivity contribution in [1.29, 1.82) is 0 Å². The van der Waals surface area contributed by atoms with Gasteiger partial charge < -0.3 is 15.2 Å². The van der Waals surface area contributed by atoms with Crippen molar-refractivity contribution < 1.29 is 19.4 Å². The van der Waals surface area contributed by atoms with E-state index >= 15 is 0 Å². The topological polar surface area (TPSA) is 75.6 Å². The Kier molecular flexibility index (Phi) is 6.49. The molecular formula is C15H20ClNO4. The number of carboxylic acids is 1. The first-order valence-electron chi connectivity index (χ1n) is 6.74. The van der Waals surface area contributed by atoms with Gasteiger partial charge in [0, 0.05) is 11.6 Å². The van der Waals surface area contributed by atoms with Crippen LogP contribution in [0.4, 0.5) is 0 Å². The third-order valence-electron chi connectivity index (χ3n) is 2.93. The van der Waals surface area contributed by atoms with Gasteiger partial charge in [-0.25, -0.2) is 0 Å². The van der Waals surface area contributed by atoms with Crippen LogP contribution in [0.3, 0.4) is 0 Å². The molecule has 0 heterocycles. The van der Waals surface area contributed by atoms with Gasteiger partial charge in [-0.05, 0) is 24.1 Å². The largest absolute Gasteiger partial charge is 0.481 e. The second-order valence-electron chi connectivity index (χ2n) is 5.22. The van der Waals surface area contributed by atoms with E-state index in [1.165, 1.54) is 6.92 Å². The number of rotatable bonds is 7. The second kappa shape index (κ2) is 7.88. The highest BCUT2D eigenvalue weighted by molar-refractivity contribution is 6.30. The molecule has 0 bridgehead atoms. The highest BCUT2D eigenvalue weighted by atomic mass is 35.5. The minimum Gasteiger partial charge on any atom is -0.481 e. The molecule has 0 aliphatic rings. The Labute approximate surface area is 129 Å². The fraction of sp³-hybridized carbons (Fsp3) is 0.467. The van der Waals surface area contributed by atoms with Gasteiger partial charge >= 0.3 is 5.97 Å². The van der Waals surface area contributed by atoms with Gasteiger partial charge in [0.05, 0.1) is 5.92 Å². The first kappa shape index (κ1) is 17.3. The number of aliphatic carboxylic acids is 1. The van der Waals surface area contributed by atoms with Crippen LogP contribution >= 0.6 is 11.6 Å². The Morgan fingerprint density at radius 1 is 1.33 bits per heavy atom. The van der Waals surface area contributed by atoms with Gasteiger partial charge in [-0.2, -0.15) is 0 Å². The first-order chi connectivity index (χ1) is 9.81. The summed E-state index contributed by atoms with van der Waals surface area (Å²) in [7, 11) is 0. The lowest BCUT2D eigenvalue weighted by atomic mass is 10.1. The molecule has 6 heteroatoms. The number of benzene rings is 1.